The predicted molar refractivity (Wildman–Crippen MR) is 108 cm³/mol. The number of rotatable bonds is 6. The van der Waals surface area contributed by atoms with Gasteiger partial charge in [-0.15, -0.1) is 0 Å². The number of alkyl halides is 1. The van der Waals surface area contributed by atoms with Crippen LogP contribution >= 0.6 is 31.9 Å². The summed E-state index contributed by atoms with van der Waals surface area (Å²) in [5.74, 6) is -3.90. The van der Waals surface area contributed by atoms with E-state index < -0.39 is 23.5 Å². The summed E-state index contributed by atoms with van der Waals surface area (Å²) in [5, 5.41) is 0. The maximum atomic E-state index is 15.8. The molecule has 0 aromatic heterocycles. The van der Waals surface area contributed by atoms with Gasteiger partial charge < -0.3 is 9.47 Å². The Labute approximate surface area is 173 Å². The average Bonchev–Trinajstić information content (AvgIpc) is 2.66. The van der Waals surface area contributed by atoms with Gasteiger partial charge in [0, 0.05) is 8.95 Å². The molecule has 2 aromatic rings. The molecule has 4 nitrogen and oxygen atoms in total. The van der Waals surface area contributed by atoms with Gasteiger partial charge in [0.1, 0.15) is 0 Å². The van der Waals surface area contributed by atoms with Gasteiger partial charge in [-0.1, -0.05) is 68.3 Å². The summed E-state index contributed by atoms with van der Waals surface area (Å²) < 4.78 is 26.5. The molecule has 0 saturated heterocycles. The van der Waals surface area contributed by atoms with Crippen LogP contribution in [0.15, 0.2) is 63.6 Å². The molecule has 0 N–H and O–H groups in total. The Balaban J connectivity index is 2.61. The Hall–Kier alpha value is -1.99. The van der Waals surface area contributed by atoms with Gasteiger partial charge in [-0.05, 0) is 35.4 Å². The van der Waals surface area contributed by atoms with E-state index in [2.05, 4.69) is 41.3 Å². The SMILES string of the molecule is COC(=O)C(F)(C(=O)OC)[C@@H](/C=C/c1cccc(Br)c1)c1cccc(Br)c1. The van der Waals surface area contributed by atoms with Gasteiger partial charge in [0.25, 0.3) is 0 Å². The van der Waals surface area contributed by atoms with Crippen LogP contribution in [-0.2, 0) is 19.1 Å². The van der Waals surface area contributed by atoms with Crippen molar-refractivity contribution in [3.05, 3.63) is 74.7 Å². The average molecular weight is 500 g/mol. The highest BCUT2D eigenvalue weighted by Gasteiger charge is 2.55. The lowest BCUT2D eigenvalue weighted by Gasteiger charge is -2.27. The molecule has 27 heavy (non-hydrogen) atoms. The second-order valence-electron chi connectivity index (χ2n) is 5.64. The zero-order valence-electron chi connectivity index (χ0n) is 14.6. The van der Waals surface area contributed by atoms with E-state index >= 15 is 4.39 Å². The highest BCUT2D eigenvalue weighted by molar-refractivity contribution is 9.10. The first-order chi connectivity index (χ1) is 12.8. The minimum atomic E-state index is -3.03. The van der Waals surface area contributed by atoms with Gasteiger partial charge >= 0.3 is 17.6 Å². The van der Waals surface area contributed by atoms with E-state index in [9.17, 15) is 9.59 Å². The Kier molecular flexibility index (Phi) is 7.33. The number of benzene rings is 2. The van der Waals surface area contributed by atoms with E-state index in [0.29, 0.717) is 10.0 Å². The molecule has 0 aliphatic carbocycles. The van der Waals surface area contributed by atoms with Gasteiger partial charge in [-0.25, -0.2) is 14.0 Å². The van der Waals surface area contributed by atoms with Crippen molar-refractivity contribution < 1.29 is 23.5 Å². The molecule has 1 atom stereocenters. The van der Waals surface area contributed by atoms with Crippen LogP contribution in [-0.4, -0.2) is 31.8 Å². The number of allylic oxidation sites excluding steroid dienone is 1. The third-order valence-electron chi connectivity index (χ3n) is 3.93. The Bertz CT molecular complexity index is 851. The number of hydrogen-bond acceptors (Lipinski definition) is 4. The molecular formula is C20H17Br2FO4. The molecule has 2 rings (SSSR count). The fraction of sp³-hybridized carbons (Fsp3) is 0.200. The first-order valence-corrected chi connectivity index (χ1v) is 9.46. The molecule has 0 aliphatic rings. The number of hydrogen-bond donors (Lipinski definition) is 0. The fourth-order valence-corrected chi connectivity index (χ4v) is 3.46. The maximum Gasteiger partial charge on any atom is 0.356 e. The normalized spacial score (nSPS) is 12.6. The number of halogens is 3. The van der Waals surface area contributed by atoms with Crippen molar-refractivity contribution in [1.29, 1.82) is 0 Å². The van der Waals surface area contributed by atoms with Gasteiger partial charge in [0.2, 0.25) is 0 Å². The fourth-order valence-electron chi connectivity index (χ4n) is 2.63. The third-order valence-corrected chi connectivity index (χ3v) is 4.92. The molecular weight excluding hydrogens is 483 g/mol. The number of esters is 2. The van der Waals surface area contributed by atoms with Gasteiger partial charge in [-0.3, -0.25) is 0 Å². The van der Waals surface area contributed by atoms with Crippen LogP contribution in [0, 0.1) is 0 Å². The second kappa shape index (κ2) is 9.28. The Morgan fingerprint density at radius 3 is 2.07 bits per heavy atom. The van der Waals surface area contributed by atoms with Crippen molar-refractivity contribution in [2.75, 3.05) is 14.2 Å². The van der Waals surface area contributed by atoms with Crippen molar-refractivity contribution in [2.45, 2.75) is 11.6 Å². The summed E-state index contributed by atoms with van der Waals surface area (Å²) in [5.41, 5.74) is -1.86. The molecule has 0 bridgehead atoms. The van der Waals surface area contributed by atoms with E-state index in [4.69, 9.17) is 0 Å². The number of methoxy groups -OCH3 is 2. The quantitative estimate of drug-likeness (QED) is 0.411. The molecule has 0 unspecified atom stereocenters. The molecule has 7 heteroatoms. The standard InChI is InChI=1S/C20H17Br2FO4/c1-26-18(24)20(23,19(25)27-2)17(14-6-4-8-16(22)12-14)10-9-13-5-3-7-15(21)11-13/h3-12,17H,1-2H3/b10-9+/t17-/m0/s1. The van der Waals surface area contributed by atoms with E-state index in [1.807, 2.05) is 24.3 Å². The summed E-state index contributed by atoms with van der Waals surface area (Å²) in [6.45, 7) is 0. The Morgan fingerprint density at radius 1 is 1.00 bits per heavy atom. The lowest BCUT2D eigenvalue weighted by atomic mass is 9.82. The number of carbonyl (C=O) groups excluding carboxylic acids is 2. The molecule has 0 heterocycles. The molecule has 0 amide bonds. The molecule has 2 aromatic carbocycles. The summed E-state index contributed by atoms with van der Waals surface area (Å²) in [6.07, 6.45) is 3.09. The minimum Gasteiger partial charge on any atom is -0.466 e. The molecule has 0 aliphatic heterocycles. The topological polar surface area (TPSA) is 52.6 Å². The monoisotopic (exact) mass is 498 g/mol. The van der Waals surface area contributed by atoms with Gasteiger partial charge in [0.05, 0.1) is 20.1 Å². The molecule has 0 saturated carbocycles. The highest BCUT2D eigenvalue weighted by Crippen LogP contribution is 2.37. The molecule has 0 fully saturated rings. The van der Waals surface area contributed by atoms with Crippen molar-refractivity contribution in [3.63, 3.8) is 0 Å². The molecule has 142 valence electrons. The van der Waals surface area contributed by atoms with Crippen LogP contribution in [0.4, 0.5) is 4.39 Å². The first kappa shape index (κ1) is 21.3. The van der Waals surface area contributed by atoms with E-state index in [0.717, 1.165) is 24.3 Å². The van der Waals surface area contributed by atoms with Crippen LogP contribution in [0.5, 0.6) is 0 Å². The third kappa shape index (κ3) is 4.84. The van der Waals surface area contributed by atoms with Gasteiger partial charge in [-0.2, -0.15) is 0 Å². The largest absolute Gasteiger partial charge is 0.466 e. The number of carbonyl (C=O) groups is 2. The zero-order chi connectivity index (χ0) is 20.0. The van der Waals surface area contributed by atoms with E-state index in [-0.39, 0.29) is 0 Å². The van der Waals surface area contributed by atoms with Crippen molar-refractivity contribution in [2.24, 2.45) is 0 Å². The second-order valence-corrected chi connectivity index (χ2v) is 7.47. The van der Waals surface area contributed by atoms with Crippen LogP contribution < -0.4 is 0 Å². The maximum absolute atomic E-state index is 15.8. The molecule has 0 radical (unpaired) electrons. The zero-order valence-corrected chi connectivity index (χ0v) is 17.8. The summed E-state index contributed by atoms with van der Waals surface area (Å²) in [7, 11) is 2.05. The summed E-state index contributed by atoms with van der Waals surface area (Å²) >= 11 is 6.70. The van der Waals surface area contributed by atoms with Crippen molar-refractivity contribution >= 4 is 49.9 Å². The lowest BCUT2D eigenvalue weighted by molar-refractivity contribution is -0.172. The van der Waals surface area contributed by atoms with E-state index in [1.165, 1.54) is 6.08 Å². The van der Waals surface area contributed by atoms with Crippen LogP contribution in [0.3, 0.4) is 0 Å². The summed E-state index contributed by atoms with van der Waals surface area (Å²) in [4.78, 5) is 24.5. The first-order valence-electron chi connectivity index (χ1n) is 7.88. The highest BCUT2D eigenvalue weighted by atomic mass is 79.9. The smallest absolute Gasteiger partial charge is 0.356 e. The predicted octanol–water partition coefficient (Wildman–Crippen LogP) is 5.06. The van der Waals surface area contributed by atoms with Crippen molar-refractivity contribution in [3.8, 4) is 0 Å². The van der Waals surface area contributed by atoms with Crippen LogP contribution in [0.2, 0.25) is 0 Å². The lowest BCUT2D eigenvalue weighted by Crippen LogP contribution is -2.48. The van der Waals surface area contributed by atoms with Crippen molar-refractivity contribution in [1.82, 2.24) is 0 Å². The van der Waals surface area contributed by atoms with Gasteiger partial charge in [0.15, 0.2) is 0 Å². The summed E-state index contributed by atoms with van der Waals surface area (Å²) in [6, 6.07) is 14.0. The Morgan fingerprint density at radius 2 is 1.56 bits per heavy atom. The van der Waals surface area contributed by atoms with Crippen LogP contribution in [0.1, 0.15) is 17.0 Å². The molecule has 0 spiro atoms. The van der Waals surface area contributed by atoms with E-state index in [1.54, 1.807) is 30.3 Å². The van der Waals surface area contributed by atoms with Crippen LogP contribution in [0.25, 0.3) is 6.08 Å². The minimum absolute atomic E-state index is 0.411. The number of ether oxygens (including phenoxy) is 2.